The van der Waals surface area contributed by atoms with Gasteiger partial charge in [-0.3, -0.25) is 14.9 Å². The van der Waals surface area contributed by atoms with Gasteiger partial charge in [-0.1, -0.05) is 29.3 Å². The van der Waals surface area contributed by atoms with Crippen LogP contribution in [0.25, 0.3) is 5.69 Å². The van der Waals surface area contributed by atoms with Crippen molar-refractivity contribution in [2.75, 3.05) is 0 Å². The molecule has 0 saturated heterocycles. The molecule has 2 aromatic carbocycles. The summed E-state index contributed by atoms with van der Waals surface area (Å²) in [5.41, 5.74) is -1.84. The number of carbonyl (C=O) groups is 1. The van der Waals surface area contributed by atoms with E-state index in [1.807, 2.05) is 0 Å². The topological polar surface area (TPSA) is 90.1 Å². The molecule has 12 heteroatoms. The number of non-ortho nitro benzene ring substituents is 1. The van der Waals surface area contributed by atoms with Crippen LogP contribution >= 0.6 is 23.2 Å². The monoisotopic (exact) mass is 458 g/mol. The number of nitrogens with zero attached hydrogens (tertiary/aromatic N) is 3. The molecule has 1 N–H and O–H groups in total. The predicted octanol–water partition coefficient (Wildman–Crippen LogP) is 5.04. The number of hydrogen-bond donors (Lipinski definition) is 1. The molecule has 0 bridgehead atoms. The Morgan fingerprint density at radius 2 is 1.80 bits per heavy atom. The molecule has 156 valence electrons. The van der Waals surface area contributed by atoms with E-state index in [1.165, 1.54) is 12.1 Å². The van der Waals surface area contributed by atoms with E-state index in [-0.39, 0.29) is 22.9 Å². The maximum absolute atomic E-state index is 13.7. The van der Waals surface area contributed by atoms with Crippen molar-refractivity contribution in [3.63, 3.8) is 0 Å². The van der Waals surface area contributed by atoms with Crippen LogP contribution in [-0.2, 0) is 12.7 Å². The van der Waals surface area contributed by atoms with Crippen molar-refractivity contribution in [1.82, 2.24) is 15.1 Å². The first-order valence-corrected chi connectivity index (χ1v) is 8.95. The summed E-state index contributed by atoms with van der Waals surface area (Å²) in [7, 11) is 0. The summed E-state index contributed by atoms with van der Waals surface area (Å²) in [6.45, 7) is -0.0876. The fraction of sp³-hybridized carbons (Fsp3) is 0.111. The van der Waals surface area contributed by atoms with Gasteiger partial charge < -0.3 is 5.32 Å². The maximum Gasteiger partial charge on any atom is 0.434 e. The van der Waals surface area contributed by atoms with Crippen LogP contribution in [-0.4, -0.2) is 20.6 Å². The molecular weight excluding hydrogens is 448 g/mol. The number of hydrogen-bond acceptors (Lipinski definition) is 4. The van der Waals surface area contributed by atoms with Crippen molar-refractivity contribution < 1.29 is 22.9 Å². The zero-order chi connectivity index (χ0) is 22.1. The number of aromatic nitrogens is 2. The lowest BCUT2D eigenvalue weighted by Gasteiger charge is -2.13. The molecule has 30 heavy (non-hydrogen) atoms. The Hall–Kier alpha value is -3.11. The molecule has 0 unspecified atom stereocenters. The standard InChI is InChI=1S/C18H11Cl2F3N4O3/c19-14-6-1-10(7-15(14)20)8-24-17(28)13-9-25-26(16(13)18(21,22)23)11-2-4-12(5-3-11)27(29)30/h1-7,9H,8H2,(H,24,28). The van der Waals surface area contributed by atoms with Gasteiger partial charge in [0, 0.05) is 18.7 Å². The van der Waals surface area contributed by atoms with E-state index < -0.39 is 28.3 Å². The molecule has 3 rings (SSSR count). The Labute approximate surface area is 177 Å². The third-order valence-electron chi connectivity index (χ3n) is 4.02. The number of amides is 1. The third kappa shape index (κ3) is 4.55. The van der Waals surface area contributed by atoms with Crippen molar-refractivity contribution in [2.24, 2.45) is 0 Å². The molecule has 0 saturated carbocycles. The second-order valence-corrected chi connectivity index (χ2v) is 6.84. The molecule has 1 heterocycles. The van der Waals surface area contributed by atoms with E-state index in [0.717, 1.165) is 30.5 Å². The van der Waals surface area contributed by atoms with E-state index >= 15 is 0 Å². The van der Waals surface area contributed by atoms with Gasteiger partial charge in [0.2, 0.25) is 0 Å². The molecule has 0 radical (unpaired) electrons. The molecule has 7 nitrogen and oxygen atoms in total. The Balaban J connectivity index is 1.90. The van der Waals surface area contributed by atoms with Crippen LogP contribution in [0.4, 0.5) is 18.9 Å². The first-order valence-electron chi connectivity index (χ1n) is 8.20. The van der Waals surface area contributed by atoms with Gasteiger partial charge in [-0.2, -0.15) is 18.3 Å². The van der Waals surface area contributed by atoms with Crippen LogP contribution in [0.5, 0.6) is 0 Å². The Bertz CT molecular complexity index is 1110. The van der Waals surface area contributed by atoms with Crippen molar-refractivity contribution in [1.29, 1.82) is 0 Å². The Kier molecular flexibility index (Phi) is 5.99. The average Bonchev–Trinajstić information content (AvgIpc) is 3.14. The van der Waals surface area contributed by atoms with Crippen molar-refractivity contribution in [2.45, 2.75) is 12.7 Å². The molecule has 0 atom stereocenters. The van der Waals surface area contributed by atoms with Crippen molar-refractivity contribution >= 4 is 34.8 Å². The average molecular weight is 459 g/mol. The number of nitro benzene ring substituents is 1. The molecule has 1 aromatic heterocycles. The van der Waals surface area contributed by atoms with E-state index in [1.54, 1.807) is 6.07 Å². The summed E-state index contributed by atoms with van der Waals surface area (Å²) in [6, 6.07) is 8.85. The summed E-state index contributed by atoms with van der Waals surface area (Å²) >= 11 is 11.7. The number of rotatable bonds is 5. The smallest absolute Gasteiger partial charge is 0.348 e. The summed E-state index contributed by atoms with van der Waals surface area (Å²) in [4.78, 5) is 22.5. The number of nitrogens with one attached hydrogen (secondary N) is 1. The summed E-state index contributed by atoms with van der Waals surface area (Å²) in [6.07, 6.45) is -4.12. The summed E-state index contributed by atoms with van der Waals surface area (Å²) < 4.78 is 41.5. The molecule has 3 aromatic rings. The SMILES string of the molecule is O=C(NCc1ccc(Cl)c(Cl)c1)c1cnn(-c2ccc([N+](=O)[O-])cc2)c1C(F)(F)F. The van der Waals surface area contributed by atoms with Gasteiger partial charge in [-0.15, -0.1) is 0 Å². The van der Waals surface area contributed by atoms with Gasteiger partial charge >= 0.3 is 6.18 Å². The number of carbonyl (C=O) groups excluding carboxylic acids is 1. The largest absolute Gasteiger partial charge is 0.434 e. The molecule has 0 fully saturated rings. The van der Waals surface area contributed by atoms with Gasteiger partial charge in [0.15, 0.2) is 5.69 Å². The minimum atomic E-state index is -4.91. The fourth-order valence-corrected chi connectivity index (χ4v) is 2.95. The van der Waals surface area contributed by atoms with E-state index in [2.05, 4.69) is 10.4 Å². The van der Waals surface area contributed by atoms with Gasteiger partial charge in [0.25, 0.3) is 11.6 Å². The maximum atomic E-state index is 13.7. The zero-order valence-corrected chi connectivity index (χ0v) is 16.3. The van der Waals surface area contributed by atoms with Crippen LogP contribution in [0.1, 0.15) is 21.6 Å². The normalized spacial score (nSPS) is 11.4. The highest BCUT2D eigenvalue weighted by Crippen LogP contribution is 2.34. The lowest BCUT2D eigenvalue weighted by atomic mass is 10.2. The molecule has 1 amide bonds. The second kappa shape index (κ2) is 8.33. The van der Waals surface area contributed by atoms with Crippen LogP contribution in [0, 0.1) is 10.1 Å². The quantitative estimate of drug-likeness (QED) is 0.428. The van der Waals surface area contributed by atoms with E-state index in [9.17, 15) is 28.1 Å². The lowest BCUT2D eigenvalue weighted by Crippen LogP contribution is -2.26. The minimum Gasteiger partial charge on any atom is -0.348 e. The van der Waals surface area contributed by atoms with Gasteiger partial charge in [-0.25, -0.2) is 4.68 Å². The third-order valence-corrected chi connectivity index (χ3v) is 4.76. The molecule has 0 aliphatic rings. The van der Waals surface area contributed by atoms with E-state index in [0.29, 0.717) is 15.3 Å². The van der Waals surface area contributed by atoms with E-state index in [4.69, 9.17) is 23.2 Å². The number of alkyl halides is 3. The first-order chi connectivity index (χ1) is 14.1. The highest BCUT2D eigenvalue weighted by atomic mass is 35.5. The number of benzene rings is 2. The first kappa shape index (κ1) is 21.6. The van der Waals surface area contributed by atoms with Gasteiger partial charge in [-0.05, 0) is 29.8 Å². The van der Waals surface area contributed by atoms with Gasteiger partial charge in [0.05, 0.1) is 32.4 Å². The summed E-state index contributed by atoms with van der Waals surface area (Å²) in [5.74, 6) is -0.999. The van der Waals surface area contributed by atoms with Crippen LogP contribution in [0.15, 0.2) is 48.7 Å². The minimum absolute atomic E-state index is 0.0866. The lowest BCUT2D eigenvalue weighted by molar-refractivity contribution is -0.384. The zero-order valence-electron chi connectivity index (χ0n) is 14.8. The van der Waals surface area contributed by atoms with Crippen LogP contribution in [0.3, 0.4) is 0 Å². The van der Waals surface area contributed by atoms with Crippen molar-refractivity contribution in [3.8, 4) is 5.69 Å². The Morgan fingerprint density at radius 1 is 1.13 bits per heavy atom. The second-order valence-electron chi connectivity index (χ2n) is 6.02. The molecule has 0 spiro atoms. The summed E-state index contributed by atoms with van der Waals surface area (Å²) in [5, 5.41) is 17.3. The van der Waals surface area contributed by atoms with Gasteiger partial charge in [0.1, 0.15) is 0 Å². The highest BCUT2D eigenvalue weighted by molar-refractivity contribution is 6.42. The molecule has 0 aliphatic carbocycles. The van der Waals surface area contributed by atoms with Crippen molar-refractivity contribution in [3.05, 3.63) is 85.6 Å². The highest BCUT2D eigenvalue weighted by Gasteiger charge is 2.40. The number of nitro groups is 1. The predicted molar refractivity (Wildman–Crippen MR) is 103 cm³/mol. The number of halogens is 5. The Morgan fingerprint density at radius 3 is 2.37 bits per heavy atom. The molecule has 0 aliphatic heterocycles. The van der Waals surface area contributed by atoms with Crippen LogP contribution < -0.4 is 5.32 Å². The molecular formula is C18H11Cl2F3N4O3. The fourth-order valence-electron chi connectivity index (χ4n) is 2.63. The van der Waals surface area contributed by atoms with Crippen LogP contribution in [0.2, 0.25) is 10.0 Å².